The minimum Gasteiger partial charge on any atom is -0.313 e. The summed E-state index contributed by atoms with van der Waals surface area (Å²) in [5, 5.41) is 3.48. The van der Waals surface area contributed by atoms with Crippen molar-refractivity contribution in [3.63, 3.8) is 0 Å². The van der Waals surface area contributed by atoms with Gasteiger partial charge in [-0.1, -0.05) is 30.3 Å². The van der Waals surface area contributed by atoms with Crippen LogP contribution in [0.3, 0.4) is 0 Å². The maximum Gasteiger partial charge on any atom is 0.0205 e. The molecule has 82 valence electrons. The second-order valence-corrected chi connectivity index (χ2v) is 4.21. The molecule has 0 radical (unpaired) electrons. The molecule has 2 rings (SSSR count). The van der Waals surface area contributed by atoms with E-state index >= 15 is 0 Å². The van der Waals surface area contributed by atoms with Crippen molar-refractivity contribution in [1.82, 2.24) is 10.2 Å². The maximum absolute atomic E-state index is 3.48. The Balaban J connectivity index is 1.51. The fraction of sp³-hybridized carbons (Fsp3) is 0.538. The molecule has 0 amide bonds. The molecule has 2 nitrogen and oxygen atoms in total. The van der Waals surface area contributed by atoms with E-state index in [1.54, 1.807) is 0 Å². The second kappa shape index (κ2) is 5.89. The molecular formula is C13H20N2. The van der Waals surface area contributed by atoms with Gasteiger partial charge in [0.25, 0.3) is 0 Å². The summed E-state index contributed by atoms with van der Waals surface area (Å²) < 4.78 is 0. The molecule has 0 atom stereocenters. The van der Waals surface area contributed by atoms with Gasteiger partial charge in [0.2, 0.25) is 0 Å². The average molecular weight is 204 g/mol. The average Bonchev–Trinajstić information content (AvgIpc) is 2.22. The van der Waals surface area contributed by atoms with Crippen molar-refractivity contribution >= 4 is 0 Å². The maximum atomic E-state index is 3.48. The third-order valence-electron chi connectivity index (χ3n) is 2.95. The lowest BCUT2D eigenvalue weighted by atomic mass is 10.2. The molecule has 15 heavy (non-hydrogen) atoms. The number of nitrogens with zero attached hydrogens (tertiary/aromatic N) is 1. The van der Waals surface area contributed by atoms with Gasteiger partial charge in [0, 0.05) is 6.54 Å². The van der Waals surface area contributed by atoms with Gasteiger partial charge in [0.05, 0.1) is 0 Å². The smallest absolute Gasteiger partial charge is 0.0205 e. The minimum absolute atomic E-state index is 1.00. The summed E-state index contributed by atoms with van der Waals surface area (Å²) in [6.07, 6.45) is 2.67. The quantitative estimate of drug-likeness (QED) is 0.712. The van der Waals surface area contributed by atoms with Gasteiger partial charge in [-0.25, -0.2) is 0 Å². The molecule has 0 bridgehead atoms. The number of rotatable bonds is 6. The first-order valence-corrected chi connectivity index (χ1v) is 5.92. The van der Waals surface area contributed by atoms with Crippen LogP contribution < -0.4 is 5.32 Å². The van der Waals surface area contributed by atoms with Crippen LogP contribution in [-0.4, -0.2) is 31.1 Å². The lowest BCUT2D eigenvalue weighted by molar-refractivity contribution is 0.179. The van der Waals surface area contributed by atoms with Crippen molar-refractivity contribution < 1.29 is 0 Å². The summed E-state index contributed by atoms with van der Waals surface area (Å²) in [6.45, 7) is 6.03. The number of hydrogen-bond acceptors (Lipinski definition) is 2. The van der Waals surface area contributed by atoms with Crippen LogP contribution in [0.4, 0.5) is 0 Å². The van der Waals surface area contributed by atoms with Crippen LogP contribution in [0.5, 0.6) is 0 Å². The lowest BCUT2D eigenvalue weighted by Crippen LogP contribution is -2.38. The molecule has 1 aliphatic rings. The summed E-state index contributed by atoms with van der Waals surface area (Å²) in [7, 11) is 0. The Morgan fingerprint density at radius 1 is 1.13 bits per heavy atom. The van der Waals surface area contributed by atoms with Crippen LogP contribution in [0, 0.1) is 0 Å². The fourth-order valence-electron chi connectivity index (χ4n) is 1.86. The Hall–Kier alpha value is -0.860. The van der Waals surface area contributed by atoms with Gasteiger partial charge in [-0.3, -0.25) is 0 Å². The van der Waals surface area contributed by atoms with Crippen LogP contribution in [0.15, 0.2) is 30.3 Å². The molecule has 1 aliphatic heterocycles. The van der Waals surface area contributed by atoms with E-state index in [0.29, 0.717) is 0 Å². The molecule has 1 aromatic rings. The number of likely N-dealkylation sites (tertiary alicyclic amines) is 1. The van der Waals surface area contributed by atoms with Crippen molar-refractivity contribution in [2.45, 2.75) is 19.4 Å². The first kappa shape index (κ1) is 10.7. The first-order chi connectivity index (χ1) is 7.45. The minimum atomic E-state index is 1.00. The largest absolute Gasteiger partial charge is 0.313 e. The SMILES string of the molecule is c1ccc(CNCCCN2CCC2)cc1. The highest BCUT2D eigenvalue weighted by molar-refractivity contribution is 5.14. The van der Waals surface area contributed by atoms with Crippen LogP contribution >= 0.6 is 0 Å². The van der Waals surface area contributed by atoms with Crippen molar-refractivity contribution in [2.75, 3.05) is 26.2 Å². The highest BCUT2D eigenvalue weighted by Crippen LogP contribution is 2.05. The molecule has 1 N–H and O–H groups in total. The molecular weight excluding hydrogens is 184 g/mol. The Bertz CT molecular complexity index is 267. The summed E-state index contributed by atoms with van der Waals surface area (Å²) >= 11 is 0. The molecule has 0 spiro atoms. The Kier molecular flexibility index (Phi) is 4.18. The van der Waals surface area contributed by atoms with Gasteiger partial charge in [-0.2, -0.15) is 0 Å². The molecule has 1 saturated heterocycles. The molecule has 0 aliphatic carbocycles. The lowest BCUT2D eigenvalue weighted by Gasteiger charge is -2.30. The van der Waals surface area contributed by atoms with Gasteiger partial charge in [-0.05, 0) is 44.6 Å². The third kappa shape index (κ3) is 3.65. The van der Waals surface area contributed by atoms with Gasteiger partial charge in [-0.15, -0.1) is 0 Å². The first-order valence-electron chi connectivity index (χ1n) is 5.92. The summed E-state index contributed by atoms with van der Waals surface area (Å²) in [4.78, 5) is 2.52. The van der Waals surface area contributed by atoms with E-state index in [-0.39, 0.29) is 0 Å². The zero-order valence-corrected chi connectivity index (χ0v) is 9.28. The van der Waals surface area contributed by atoms with Gasteiger partial charge < -0.3 is 10.2 Å². The summed E-state index contributed by atoms with van der Waals surface area (Å²) in [6, 6.07) is 10.6. The van der Waals surface area contributed by atoms with Crippen molar-refractivity contribution in [1.29, 1.82) is 0 Å². The zero-order chi connectivity index (χ0) is 10.3. The predicted molar refractivity (Wildman–Crippen MR) is 63.8 cm³/mol. The fourth-order valence-corrected chi connectivity index (χ4v) is 1.86. The van der Waals surface area contributed by atoms with E-state index in [2.05, 4.69) is 40.5 Å². The van der Waals surface area contributed by atoms with E-state index in [9.17, 15) is 0 Å². The van der Waals surface area contributed by atoms with E-state index in [1.807, 2.05) is 0 Å². The van der Waals surface area contributed by atoms with Crippen LogP contribution in [-0.2, 0) is 6.54 Å². The topological polar surface area (TPSA) is 15.3 Å². The van der Waals surface area contributed by atoms with Crippen molar-refractivity contribution in [2.24, 2.45) is 0 Å². The Morgan fingerprint density at radius 2 is 1.93 bits per heavy atom. The highest BCUT2D eigenvalue weighted by Gasteiger charge is 2.11. The molecule has 0 unspecified atom stereocenters. The number of benzene rings is 1. The standard InChI is InChI=1S/C13H20N2/c1-2-6-13(7-3-1)12-14-8-4-9-15-10-5-11-15/h1-3,6-7,14H,4-5,8-12H2. The molecule has 2 heteroatoms. The van der Waals surface area contributed by atoms with E-state index in [0.717, 1.165) is 13.1 Å². The zero-order valence-electron chi connectivity index (χ0n) is 9.28. The van der Waals surface area contributed by atoms with Crippen LogP contribution in [0.25, 0.3) is 0 Å². The van der Waals surface area contributed by atoms with Gasteiger partial charge in [0.15, 0.2) is 0 Å². The molecule has 0 saturated carbocycles. The normalized spacial score (nSPS) is 16.3. The van der Waals surface area contributed by atoms with Crippen molar-refractivity contribution in [3.05, 3.63) is 35.9 Å². The molecule has 1 aromatic carbocycles. The Morgan fingerprint density at radius 3 is 2.60 bits per heavy atom. The summed E-state index contributed by atoms with van der Waals surface area (Å²) in [5.74, 6) is 0. The van der Waals surface area contributed by atoms with Crippen LogP contribution in [0.1, 0.15) is 18.4 Å². The third-order valence-corrected chi connectivity index (χ3v) is 2.95. The van der Waals surface area contributed by atoms with E-state index in [1.165, 1.54) is 38.0 Å². The van der Waals surface area contributed by atoms with Gasteiger partial charge in [0.1, 0.15) is 0 Å². The monoisotopic (exact) mass is 204 g/mol. The number of nitrogens with one attached hydrogen (secondary N) is 1. The van der Waals surface area contributed by atoms with Crippen LogP contribution in [0.2, 0.25) is 0 Å². The second-order valence-electron chi connectivity index (χ2n) is 4.21. The van der Waals surface area contributed by atoms with E-state index < -0.39 is 0 Å². The molecule has 1 heterocycles. The van der Waals surface area contributed by atoms with Gasteiger partial charge >= 0.3 is 0 Å². The summed E-state index contributed by atoms with van der Waals surface area (Å²) in [5.41, 5.74) is 1.38. The van der Waals surface area contributed by atoms with E-state index in [4.69, 9.17) is 0 Å². The highest BCUT2D eigenvalue weighted by atomic mass is 15.2. The molecule has 0 aromatic heterocycles. The Labute approximate surface area is 92.3 Å². The molecule has 1 fully saturated rings. The predicted octanol–water partition coefficient (Wildman–Crippen LogP) is 1.87. The number of hydrogen-bond donors (Lipinski definition) is 1. The van der Waals surface area contributed by atoms with Crippen molar-refractivity contribution in [3.8, 4) is 0 Å².